The molecule has 27 heavy (non-hydrogen) atoms. The number of aromatic nitrogens is 2. The summed E-state index contributed by atoms with van der Waals surface area (Å²) in [7, 11) is 0. The maximum Gasteiger partial charge on any atom is 0.323 e. The Kier molecular flexibility index (Phi) is 5.09. The number of carbonyl (C=O) groups excluding carboxylic acids is 1. The van der Waals surface area contributed by atoms with Crippen molar-refractivity contribution in [3.05, 3.63) is 42.2 Å². The molecule has 0 radical (unpaired) electrons. The zero-order valence-corrected chi connectivity index (χ0v) is 15.6. The third kappa shape index (κ3) is 4.13. The summed E-state index contributed by atoms with van der Waals surface area (Å²) in [6.07, 6.45) is 4.99. The smallest absolute Gasteiger partial charge is 0.323 e. The second kappa shape index (κ2) is 7.82. The minimum Gasteiger partial charge on any atom is -0.485 e. The van der Waals surface area contributed by atoms with Crippen LogP contribution in [-0.2, 0) is 0 Å². The van der Waals surface area contributed by atoms with E-state index >= 15 is 0 Å². The molecule has 2 aromatic heterocycles. The van der Waals surface area contributed by atoms with Crippen LogP contribution in [0.25, 0.3) is 0 Å². The molecule has 2 aromatic rings. The third-order valence-electron chi connectivity index (χ3n) is 5.01. The second-order valence-electron chi connectivity index (χ2n) is 7.09. The molecular weight excluding hydrogens is 342 g/mol. The Morgan fingerprint density at radius 2 is 2.04 bits per heavy atom. The van der Waals surface area contributed by atoms with Gasteiger partial charge < -0.3 is 14.5 Å². The monoisotopic (exact) mass is 367 g/mol. The van der Waals surface area contributed by atoms with Crippen LogP contribution in [-0.4, -0.2) is 53.2 Å². The lowest BCUT2D eigenvalue weighted by molar-refractivity contribution is 0.194. The highest BCUT2D eigenvalue weighted by molar-refractivity contribution is 5.88. The average Bonchev–Trinajstić information content (AvgIpc) is 3.34. The molecule has 2 aliphatic heterocycles. The Bertz CT molecular complexity index is 806. The van der Waals surface area contributed by atoms with Crippen LogP contribution in [0.3, 0.4) is 0 Å². The molecule has 0 saturated carbocycles. The number of aryl methyl sites for hydroxylation is 1. The molecule has 4 heterocycles. The second-order valence-corrected chi connectivity index (χ2v) is 7.09. The Balaban J connectivity index is 1.37. The predicted octanol–water partition coefficient (Wildman–Crippen LogP) is 3.07. The SMILES string of the molecule is Cc1cccc(NC(=O)N2CCC(Oc3cccnc3N3CCCC3)C2)n1. The zero-order valence-electron chi connectivity index (χ0n) is 15.6. The quantitative estimate of drug-likeness (QED) is 0.899. The highest BCUT2D eigenvalue weighted by Gasteiger charge is 2.29. The third-order valence-corrected chi connectivity index (χ3v) is 5.01. The first-order valence-electron chi connectivity index (χ1n) is 9.55. The average molecular weight is 367 g/mol. The predicted molar refractivity (Wildman–Crippen MR) is 104 cm³/mol. The van der Waals surface area contributed by atoms with Crippen molar-refractivity contribution in [1.82, 2.24) is 14.9 Å². The number of pyridine rings is 2. The first-order chi connectivity index (χ1) is 13.2. The van der Waals surface area contributed by atoms with E-state index in [1.807, 2.05) is 37.4 Å². The minimum absolute atomic E-state index is 0.0215. The molecule has 0 aliphatic carbocycles. The Morgan fingerprint density at radius 3 is 2.85 bits per heavy atom. The Labute approximate surface area is 159 Å². The van der Waals surface area contributed by atoms with Crippen molar-refractivity contribution in [2.45, 2.75) is 32.3 Å². The van der Waals surface area contributed by atoms with Gasteiger partial charge in [0.15, 0.2) is 11.6 Å². The largest absolute Gasteiger partial charge is 0.485 e. The molecule has 4 rings (SSSR count). The molecule has 7 heteroatoms. The molecule has 0 bridgehead atoms. The van der Waals surface area contributed by atoms with Crippen molar-refractivity contribution < 1.29 is 9.53 Å². The molecule has 142 valence electrons. The van der Waals surface area contributed by atoms with Gasteiger partial charge in [0.05, 0.1) is 6.54 Å². The molecular formula is C20H25N5O2. The van der Waals surface area contributed by atoms with Crippen LogP contribution < -0.4 is 15.0 Å². The van der Waals surface area contributed by atoms with Crippen molar-refractivity contribution in [2.75, 3.05) is 36.4 Å². The van der Waals surface area contributed by atoms with Gasteiger partial charge in [-0.2, -0.15) is 0 Å². The molecule has 2 fully saturated rings. The van der Waals surface area contributed by atoms with Gasteiger partial charge in [-0.1, -0.05) is 6.07 Å². The van der Waals surface area contributed by atoms with Gasteiger partial charge in [-0.3, -0.25) is 5.32 Å². The first-order valence-corrected chi connectivity index (χ1v) is 9.55. The van der Waals surface area contributed by atoms with E-state index in [0.717, 1.165) is 36.8 Å². The number of likely N-dealkylation sites (tertiary alicyclic amines) is 1. The molecule has 2 saturated heterocycles. The molecule has 1 unspecified atom stereocenters. The van der Waals surface area contributed by atoms with E-state index in [1.54, 1.807) is 11.0 Å². The van der Waals surface area contributed by atoms with E-state index in [1.165, 1.54) is 12.8 Å². The Hall–Kier alpha value is -2.83. The maximum atomic E-state index is 12.5. The number of rotatable bonds is 4. The van der Waals surface area contributed by atoms with Crippen molar-refractivity contribution in [2.24, 2.45) is 0 Å². The molecule has 0 spiro atoms. The van der Waals surface area contributed by atoms with Gasteiger partial charge >= 0.3 is 6.03 Å². The van der Waals surface area contributed by atoms with Crippen LogP contribution in [0.1, 0.15) is 25.0 Å². The van der Waals surface area contributed by atoms with E-state index in [-0.39, 0.29) is 12.1 Å². The fourth-order valence-electron chi connectivity index (χ4n) is 3.63. The Morgan fingerprint density at radius 1 is 1.19 bits per heavy atom. The topological polar surface area (TPSA) is 70.6 Å². The van der Waals surface area contributed by atoms with Gasteiger partial charge in [0.1, 0.15) is 11.9 Å². The van der Waals surface area contributed by atoms with E-state index in [0.29, 0.717) is 18.9 Å². The van der Waals surface area contributed by atoms with E-state index in [2.05, 4.69) is 20.2 Å². The van der Waals surface area contributed by atoms with E-state index in [9.17, 15) is 4.79 Å². The number of nitrogens with zero attached hydrogens (tertiary/aromatic N) is 4. The van der Waals surface area contributed by atoms with Crippen molar-refractivity contribution >= 4 is 17.7 Å². The summed E-state index contributed by atoms with van der Waals surface area (Å²) in [4.78, 5) is 25.4. The number of hydrogen-bond acceptors (Lipinski definition) is 5. The molecule has 1 atom stereocenters. The first kappa shape index (κ1) is 17.6. The van der Waals surface area contributed by atoms with Gasteiger partial charge in [-0.25, -0.2) is 14.8 Å². The van der Waals surface area contributed by atoms with Crippen LogP contribution in [0.15, 0.2) is 36.5 Å². The van der Waals surface area contributed by atoms with Crippen LogP contribution in [0.2, 0.25) is 0 Å². The van der Waals surface area contributed by atoms with Crippen molar-refractivity contribution in [1.29, 1.82) is 0 Å². The lowest BCUT2D eigenvalue weighted by Gasteiger charge is -2.22. The highest BCUT2D eigenvalue weighted by Crippen LogP contribution is 2.30. The number of urea groups is 1. The molecule has 1 N–H and O–H groups in total. The molecule has 0 aromatic carbocycles. The number of nitrogens with one attached hydrogen (secondary N) is 1. The summed E-state index contributed by atoms with van der Waals surface area (Å²) < 4.78 is 6.23. The lowest BCUT2D eigenvalue weighted by Crippen LogP contribution is -2.35. The fourth-order valence-corrected chi connectivity index (χ4v) is 3.63. The molecule has 7 nitrogen and oxygen atoms in total. The summed E-state index contributed by atoms with van der Waals surface area (Å²) >= 11 is 0. The van der Waals surface area contributed by atoms with E-state index in [4.69, 9.17) is 4.74 Å². The fraction of sp³-hybridized carbons (Fsp3) is 0.450. The molecule has 2 amide bonds. The number of anilines is 2. The van der Waals surface area contributed by atoms with Gasteiger partial charge in [0.2, 0.25) is 0 Å². The maximum absolute atomic E-state index is 12.5. The van der Waals surface area contributed by atoms with Gasteiger partial charge in [-0.15, -0.1) is 0 Å². The lowest BCUT2D eigenvalue weighted by atomic mass is 10.3. The summed E-state index contributed by atoms with van der Waals surface area (Å²) in [5, 5.41) is 2.86. The van der Waals surface area contributed by atoms with Gasteiger partial charge in [0, 0.05) is 37.9 Å². The normalized spacial score (nSPS) is 19.4. The van der Waals surface area contributed by atoms with Crippen LogP contribution >= 0.6 is 0 Å². The number of ether oxygens (including phenoxy) is 1. The summed E-state index contributed by atoms with van der Waals surface area (Å²) in [5.41, 5.74) is 0.876. The van der Waals surface area contributed by atoms with Crippen LogP contribution in [0.4, 0.5) is 16.4 Å². The summed E-state index contributed by atoms with van der Waals surface area (Å²) in [6, 6.07) is 9.33. The van der Waals surface area contributed by atoms with E-state index < -0.39 is 0 Å². The summed E-state index contributed by atoms with van der Waals surface area (Å²) in [5.74, 6) is 2.31. The van der Waals surface area contributed by atoms with Crippen LogP contribution in [0.5, 0.6) is 5.75 Å². The van der Waals surface area contributed by atoms with Crippen LogP contribution in [0, 0.1) is 6.92 Å². The van der Waals surface area contributed by atoms with Gasteiger partial charge in [-0.05, 0) is 44.0 Å². The minimum atomic E-state index is -0.134. The number of hydrogen-bond donors (Lipinski definition) is 1. The van der Waals surface area contributed by atoms with Gasteiger partial charge in [0.25, 0.3) is 0 Å². The number of amides is 2. The van der Waals surface area contributed by atoms with Crippen molar-refractivity contribution in [3.8, 4) is 5.75 Å². The standard InChI is InChI=1S/C20H25N5O2/c1-15-6-4-8-18(22-15)23-20(26)25-13-9-16(14-25)27-17-7-5-10-21-19(17)24-11-2-3-12-24/h4-8,10,16H,2-3,9,11-14H2,1H3,(H,22,23,26). The van der Waals surface area contributed by atoms with Crippen molar-refractivity contribution in [3.63, 3.8) is 0 Å². The summed E-state index contributed by atoms with van der Waals surface area (Å²) in [6.45, 7) is 5.18. The number of carbonyl (C=O) groups is 1. The zero-order chi connectivity index (χ0) is 18.6. The highest BCUT2D eigenvalue weighted by atomic mass is 16.5. The molecule has 2 aliphatic rings.